The van der Waals surface area contributed by atoms with E-state index in [2.05, 4.69) is 20.0 Å². The Morgan fingerprint density at radius 2 is 1.69 bits per heavy atom. The summed E-state index contributed by atoms with van der Waals surface area (Å²) in [6.45, 7) is 5.58. The van der Waals surface area contributed by atoms with E-state index >= 15 is 0 Å². The van der Waals surface area contributed by atoms with Crippen molar-refractivity contribution < 1.29 is 9.53 Å². The third-order valence-corrected chi connectivity index (χ3v) is 6.56. The second kappa shape index (κ2) is 9.09. The first-order valence-electron chi connectivity index (χ1n) is 10.6. The van der Waals surface area contributed by atoms with Gasteiger partial charge in [-0.3, -0.25) is 4.79 Å². The maximum Gasteiger partial charge on any atom is 0.248 e. The number of halogens is 2. The van der Waals surface area contributed by atoms with Gasteiger partial charge in [0.15, 0.2) is 5.65 Å². The first kappa shape index (κ1) is 21.2. The van der Waals surface area contributed by atoms with Crippen molar-refractivity contribution in [2.24, 2.45) is 0 Å². The van der Waals surface area contributed by atoms with Crippen LogP contribution in [0.1, 0.15) is 5.56 Å². The Kier molecular flexibility index (Phi) is 6.03. The molecule has 4 heterocycles. The maximum absolute atomic E-state index is 12.7. The summed E-state index contributed by atoms with van der Waals surface area (Å²) in [6, 6.07) is 9.21. The molecular weight excluding hydrogens is 453 g/mol. The number of fused-ring (bicyclic) bond motifs is 1. The lowest BCUT2D eigenvalue weighted by Crippen LogP contribution is -2.49. The molecule has 1 aromatic carbocycles. The smallest absolute Gasteiger partial charge is 0.248 e. The molecule has 2 aromatic heterocycles. The fourth-order valence-corrected chi connectivity index (χ4v) is 4.34. The van der Waals surface area contributed by atoms with Crippen LogP contribution in [0.5, 0.6) is 0 Å². The van der Waals surface area contributed by atoms with Crippen LogP contribution in [0.4, 0.5) is 11.8 Å². The minimum absolute atomic E-state index is 0.0832. The van der Waals surface area contributed by atoms with Crippen LogP contribution in [0, 0.1) is 0 Å². The summed E-state index contributed by atoms with van der Waals surface area (Å²) in [6.07, 6.45) is 0.310. The Morgan fingerprint density at radius 1 is 0.906 bits per heavy atom. The third kappa shape index (κ3) is 4.32. The van der Waals surface area contributed by atoms with Gasteiger partial charge in [-0.1, -0.05) is 29.3 Å². The maximum atomic E-state index is 12.7. The number of anilines is 2. The number of hydrogen-bond acceptors (Lipinski definition) is 7. The number of ether oxygens (including phenoxy) is 1. The topological polar surface area (TPSA) is 79.1 Å². The summed E-state index contributed by atoms with van der Waals surface area (Å²) < 4.78 is 7.23. The number of carbonyl (C=O) groups is 1. The Hall–Kier alpha value is -2.62. The summed E-state index contributed by atoms with van der Waals surface area (Å²) in [5.74, 6) is 1.67. The lowest BCUT2D eigenvalue weighted by Gasteiger charge is -2.35. The molecule has 5 rings (SSSR count). The first-order chi connectivity index (χ1) is 15.6. The molecule has 0 saturated carbocycles. The largest absolute Gasteiger partial charge is 0.378 e. The number of morpholine rings is 1. The van der Waals surface area contributed by atoms with Gasteiger partial charge in [-0.15, -0.1) is 15.3 Å². The van der Waals surface area contributed by atoms with E-state index in [9.17, 15) is 4.79 Å². The highest BCUT2D eigenvalue weighted by Gasteiger charge is 2.24. The van der Waals surface area contributed by atoms with Gasteiger partial charge in [-0.2, -0.15) is 4.52 Å². The summed E-state index contributed by atoms with van der Waals surface area (Å²) >= 11 is 12.0. The Bertz CT molecular complexity index is 1120. The van der Waals surface area contributed by atoms with Crippen molar-refractivity contribution in [1.82, 2.24) is 24.7 Å². The number of rotatable bonds is 4. The van der Waals surface area contributed by atoms with Gasteiger partial charge < -0.3 is 19.4 Å². The van der Waals surface area contributed by atoms with Crippen LogP contribution in [-0.2, 0) is 16.0 Å². The highest BCUT2D eigenvalue weighted by molar-refractivity contribution is 6.42. The van der Waals surface area contributed by atoms with Crippen molar-refractivity contribution in [3.8, 4) is 0 Å². The van der Waals surface area contributed by atoms with Crippen LogP contribution < -0.4 is 9.80 Å². The predicted octanol–water partition coefficient (Wildman–Crippen LogP) is 2.16. The van der Waals surface area contributed by atoms with Gasteiger partial charge >= 0.3 is 0 Å². The quantitative estimate of drug-likeness (QED) is 0.571. The van der Waals surface area contributed by atoms with Crippen LogP contribution >= 0.6 is 23.2 Å². The number of aromatic nitrogens is 4. The molecule has 168 valence electrons. The molecule has 0 radical (unpaired) electrons. The second-order valence-electron chi connectivity index (χ2n) is 7.85. The van der Waals surface area contributed by atoms with Gasteiger partial charge in [-0.25, -0.2) is 0 Å². The fraction of sp³-hybridized carbons (Fsp3) is 0.429. The standard InChI is InChI=1S/C21H23Cl2N7O2/c22-16-2-1-15(13-17(16)23)14-20(31)28-7-5-27(6-8-28)19-4-3-18-24-25-21(30(18)26-19)29-9-11-32-12-10-29/h1-4,13H,5-12,14H2. The SMILES string of the molecule is O=C(Cc1ccc(Cl)c(Cl)c1)N1CCN(c2ccc3nnc(N4CCOCC4)n3n2)CC1. The molecule has 0 unspecified atom stereocenters. The van der Waals surface area contributed by atoms with E-state index in [0.29, 0.717) is 61.5 Å². The molecule has 0 bridgehead atoms. The van der Waals surface area contributed by atoms with Crippen LogP contribution in [0.25, 0.3) is 5.65 Å². The minimum atomic E-state index is 0.0832. The highest BCUT2D eigenvalue weighted by atomic mass is 35.5. The number of hydrogen-bond donors (Lipinski definition) is 0. The summed E-state index contributed by atoms with van der Waals surface area (Å²) in [5.41, 5.74) is 1.58. The highest BCUT2D eigenvalue weighted by Crippen LogP contribution is 2.23. The normalized spacial score (nSPS) is 17.2. The van der Waals surface area contributed by atoms with Crippen molar-refractivity contribution in [1.29, 1.82) is 0 Å². The van der Waals surface area contributed by atoms with E-state index < -0.39 is 0 Å². The molecule has 3 aromatic rings. The zero-order valence-electron chi connectivity index (χ0n) is 17.5. The zero-order valence-corrected chi connectivity index (χ0v) is 19.0. The number of piperazine rings is 1. The number of nitrogens with zero attached hydrogens (tertiary/aromatic N) is 7. The van der Waals surface area contributed by atoms with Gasteiger partial charge in [0, 0.05) is 39.3 Å². The van der Waals surface area contributed by atoms with Gasteiger partial charge in [0.2, 0.25) is 11.9 Å². The molecule has 2 aliphatic rings. The van der Waals surface area contributed by atoms with Crippen LogP contribution in [0.15, 0.2) is 30.3 Å². The van der Waals surface area contributed by atoms with Crippen LogP contribution in [0.3, 0.4) is 0 Å². The predicted molar refractivity (Wildman–Crippen MR) is 123 cm³/mol. The second-order valence-corrected chi connectivity index (χ2v) is 8.67. The Balaban J connectivity index is 1.24. The monoisotopic (exact) mass is 475 g/mol. The summed E-state index contributed by atoms with van der Waals surface area (Å²) in [4.78, 5) is 19.0. The van der Waals surface area contributed by atoms with E-state index in [1.165, 1.54) is 0 Å². The van der Waals surface area contributed by atoms with E-state index in [1.807, 2.05) is 23.1 Å². The summed E-state index contributed by atoms with van der Waals surface area (Å²) in [5, 5.41) is 14.3. The molecule has 2 aliphatic heterocycles. The zero-order chi connectivity index (χ0) is 22.1. The molecule has 0 spiro atoms. The molecule has 2 saturated heterocycles. The molecular formula is C21H23Cl2N7O2. The van der Waals surface area contributed by atoms with Crippen LogP contribution in [0.2, 0.25) is 10.0 Å². The van der Waals surface area contributed by atoms with Gasteiger partial charge in [0.1, 0.15) is 5.82 Å². The van der Waals surface area contributed by atoms with Crippen LogP contribution in [-0.4, -0.2) is 83.1 Å². The van der Waals surface area contributed by atoms with E-state index in [1.54, 1.807) is 16.6 Å². The Labute approximate surface area is 195 Å². The minimum Gasteiger partial charge on any atom is -0.378 e. The van der Waals surface area contributed by atoms with E-state index in [-0.39, 0.29) is 5.91 Å². The van der Waals surface area contributed by atoms with Crippen molar-refractivity contribution in [2.45, 2.75) is 6.42 Å². The molecule has 1 amide bonds. The molecule has 0 atom stereocenters. The van der Waals surface area contributed by atoms with E-state index in [0.717, 1.165) is 30.4 Å². The number of amides is 1. The average Bonchev–Trinajstić information content (AvgIpc) is 3.25. The first-order valence-corrected chi connectivity index (χ1v) is 11.4. The molecule has 9 nitrogen and oxygen atoms in total. The van der Waals surface area contributed by atoms with Crippen molar-refractivity contribution in [2.75, 3.05) is 62.3 Å². The molecule has 0 N–H and O–H groups in total. The van der Waals surface area contributed by atoms with Gasteiger partial charge in [-0.05, 0) is 29.8 Å². The van der Waals surface area contributed by atoms with Crippen molar-refractivity contribution in [3.05, 3.63) is 45.9 Å². The lowest BCUT2D eigenvalue weighted by molar-refractivity contribution is -0.130. The fourth-order valence-electron chi connectivity index (χ4n) is 4.02. The van der Waals surface area contributed by atoms with Gasteiger partial charge in [0.25, 0.3) is 0 Å². The van der Waals surface area contributed by atoms with Crippen molar-refractivity contribution in [3.63, 3.8) is 0 Å². The molecule has 32 heavy (non-hydrogen) atoms. The van der Waals surface area contributed by atoms with Crippen molar-refractivity contribution >= 4 is 46.5 Å². The Morgan fingerprint density at radius 3 is 2.44 bits per heavy atom. The summed E-state index contributed by atoms with van der Waals surface area (Å²) in [7, 11) is 0. The number of benzene rings is 1. The third-order valence-electron chi connectivity index (χ3n) is 5.82. The lowest BCUT2D eigenvalue weighted by atomic mass is 10.1. The average molecular weight is 476 g/mol. The molecule has 11 heteroatoms. The number of carbonyl (C=O) groups excluding carboxylic acids is 1. The molecule has 0 aliphatic carbocycles. The van der Waals surface area contributed by atoms with E-state index in [4.69, 9.17) is 33.0 Å². The van der Waals surface area contributed by atoms with Gasteiger partial charge in [0.05, 0.1) is 29.7 Å². The molecule has 2 fully saturated rings.